The zero-order valence-electron chi connectivity index (χ0n) is 14.4. The first-order valence-electron chi connectivity index (χ1n) is 8.70. The van der Waals surface area contributed by atoms with Crippen molar-refractivity contribution in [3.8, 4) is 0 Å². The van der Waals surface area contributed by atoms with E-state index in [0.717, 1.165) is 18.4 Å². The lowest BCUT2D eigenvalue weighted by molar-refractivity contribution is -0.128. The minimum atomic E-state index is -0.585. The predicted molar refractivity (Wildman–Crippen MR) is 102 cm³/mol. The topological polar surface area (TPSA) is 55.1 Å². The molecule has 0 aliphatic heterocycles. The van der Waals surface area contributed by atoms with E-state index >= 15 is 0 Å². The first kappa shape index (κ1) is 19.6. The number of carbonyl (C=O) groups excluding carboxylic acids is 1. The molecule has 0 spiro atoms. The zero-order chi connectivity index (χ0) is 16.6. The number of hydrogen-bond donors (Lipinski definition) is 2. The van der Waals surface area contributed by atoms with Crippen molar-refractivity contribution in [3.63, 3.8) is 0 Å². The lowest BCUT2D eigenvalue weighted by Gasteiger charge is -2.46. The second-order valence-electron chi connectivity index (χ2n) is 7.82. The van der Waals surface area contributed by atoms with Crippen LogP contribution in [0.25, 0.3) is 0 Å². The molecule has 0 saturated heterocycles. The fourth-order valence-electron chi connectivity index (χ4n) is 4.36. The molecule has 1 aromatic carbocycles. The molecule has 0 heterocycles. The molecule has 5 heteroatoms. The highest BCUT2D eigenvalue weighted by Gasteiger charge is 2.42. The van der Waals surface area contributed by atoms with E-state index < -0.39 is 5.41 Å². The number of benzene rings is 1. The van der Waals surface area contributed by atoms with E-state index in [9.17, 15) is 4.79 Å². The number of amides is 1. The summed E-state index contributed by atoms with van der Waals surface area (Å²) in [4.78, 5) is 13.0. The Morgan fingerprint density at radius 2 is 1.88 bits per heavy atom. The van der Waals surface area contributed by atoms with Crippen LogP contribution >= 0.6 is 24.0 Å². The van der Waals surface area contributed by atoms with Gasteiger partial charge >= 0.3 is 0 Å². The van der Waals surface area contributed by atoms with Crippen LogP contribution in [0.1, 0.15) is 51.5 Å². The molecule has 3 nitrogen and oxygen atoms in total. The van der Waals surface area contributed by atoms with Gasteiger partial charge in [-0.1, -0.05) is 30.2 Å². The highest BCUT2D eigenvalue weighted by molar-refractivity contribution is 6.30. The minimum Gasteiger partial charge on any atom is -0.352 e. The Hall–Kier alpha value is -0.770. The fraction of sp³-hybridized carbons (Fsp3) is 0.632. The quantitative estimate of drug-likeness (QED) is 0.842. The Balaban J connectivity index is 0.00000208. The van der Waals surface area contributed by atoms with Crippen molar-refractivity contribution >= 4 is 29.9 Å². The molecule has 0 aromatic heterocycles. The van der Waals surface area contributed by atoms with Gasteiger partial charge in [-0.05, 0) is 69.1 Å². The van der Waals surface area contributed by atoms with Gasteiger partial charge in [0.25, 0.3) is 0 Å². The Labute approximate surface area is 156 Å². The zero-order valence-corrected chi connectivity index (χ0v) is 16.0. The molecule has 2 unspecified atom stereocenters. The van der Waals surface area contributed by atoms with Gasteiger partial charge in [-0.2, -0.15) is 0 Å². The van der Waals surface area contributed by atoms with Gasteiger partial charge in [0.2, 0.25) is 5.91 Å². The van der Waals surface area contributed by atoms with Gasteiger partial charge in [-0.3, -0.25) is 4.79 Å². The summed E-state index contributed by atoms with van der Waals surface area (Å²) >= 11 is 6.10. The molecule has 1 aromatic rings. The van der Waals surface area contributed by atoms with E-state index in [2.05, 4.69) is 5.32 Å². The third kappa shape index (κ3) is 3.89. The molecule has 3 N–H and O–H groups in total. The van der Waals surface area contributed by atoms with Crippen LogP contribution in [0.4, 0.5) is 0 Å². The maximum atomic E-state index is 13.0. The summed E-state index contributed by atoms with van der Waals surface area (Å²) in [5.74, 6) is 1.17. The summed E-state index contributed by atoms with van der Waals surface area (Å²) in [6.45, 7) is 3.94. The second-order valence-corrected chi connectivity index (χ2v) is 8.25. The first-order chi connectivity index (χ1) is 10.9. The number of hydrogen-bond acceptors (Lipinski definition) is 2. The van der Waals surface area contributed by atoms with E-state index in [4.69, 9.17) is 17.3 Å². The molecule has 3 rings (SSSR count). The number of fused-ring (bicyclic) bond motifs is 2. The van der Waals surface area contributed by atoms with Gasteiger partial charge in [0.05, 0.1) is 5.41 Å². The molecule has 24 heavy (non-hydrogen) atoms. The van der Waals surface area contributed by atoms with Crippen LogP contribution in [0.2, 0.25) is 5.02 Å². The van der Waals surface area contributed by atoms with Crippen molar-refractivity contribution in [1.29, 1.82) is 0 Å². The monoisotopic (exact) mass is 370 g/mol. The van der Waals surface area contributed by atoms with Crippen LogP contribution in [0.3, 0.4) is 0 Å². The fourth-order valence-corrected chi connectivity index (χ4v) is 4.56. The summed E-state index contributed by atoms with van der Waals surface area (Å²) in [5.41, 5.74) is 6.56. The van der Waals surface area contributed by atoms with Crippen LogP contribution in [0, 0.1) is 11.8 Å². The molecule has 1 amide bonds. The minimum absolute atomic E-state index is 0. The van der Waals surface area contributed by atoms with Crippen LogP contribution < -0.4 is 11.1 Å². The summed E-state index contributed by atoms with van der Waals surface area (Å²) < 4.78 is 0. The number of halogens is 2. The Morgan fingerprint density at radius 3 is 2.46 bits per heavy atom. The molecule has 134 valence electrons. The molecule has 2 aliphatic rings. The van der Waals surface area contributed by atoms with Crippen molar-refractivity contribution < 1.29 is 4.79 Å². The first-order valence-corrected chi connectivity index (χ1v) is 9.08. The lowest BCUT2D eigenvalue weighted by atomic mass is 9.66. The van der Waals surface area contributed by atoms with Gasteiger partial charge in [-0.25, -0.2) is 0 Å². The normalized spacial score (nSPS) is 29.5. The SMILES string of the molecule is CC(C)(C(=O)NC1C2CCCC1CC(N)C2)c1cccc(Cl)c1.Cl. The highest BCUT2D eigenvalue weighted by atomic mass is 35.5. The molecule has 2 bridgehead atoms. The molecule has 2 fully saturated rings. The third-order valence-electron chi connectivity index (χ3n) is 5.79. The second kappa shape index (κ2) is 7.63. The van der Waals surface area contributed by atoms with Crippen molar-refractivity contribution in [3.05, 3.63) is 34.9 Å². The Morgan fingerprint density at radius 1 is 1.25 bits per heavy atom. The third-order valence-corrected chi connectivity index (χ3v) is 6.02. The number of nitrogens with two attached hydrogens (primary N) is 1. The summed E-state index contributed by atoms with van der Waals surface area (Å²) in [6, 6.07) is 8.20. The Kier molecular flexibility index (Phi) is 6.22. The maximum Gasteiger partial charge on any atom is 0.230 e. The smallest absolute Gasteiger partial charge is 0.230 e. The van der Waals surface area contributed by atoms with E-state index in [1.807, 2.05) is 38.1 Å². The molecule has 2 aliphatic carbocycles. The average molecular weight is 371 g/mol. The van der Waals surface area contributed by atoms with Crippen molar-refractivity contribution in [2.75, 3.05) is 0 Å². The van der Waals surface area contributed by atoms with Crippen LogP contribution in [0.15, 0.2) is 24.3 Å². The molecule has 2 atom stereocenters. The van der Waals surface area contributed by atoms with Crippen LogP contribution in [-0.4, -0.2) is 18.0 Å². The van der Waals surface area contributed by atoms with Crippen molar-refractivity contribution in [1.82, 2.24) is 5.32 Å². The van der Waals surface area contributed by atoms with Crippen molar-refractivity contribution in [2.24, 2.45) is 17.6 Å². The molecule has 0 radical (unpaired) electrons. The van der Waals surface area contributed by atoms with Gasteiger partial charge in [0, 0.05) is 17.1 Å². The van der Waals surface area contributed by atoms with Crippen LogP contribution in [0.5, 0.6) is 0 Å². The van der Waals surface area contributed by atoms with E-state index in [1.165, 1.54) is 19.3 Å². The van der Waals surface area contributed by atoms with E-state index in [0.29, 0.717) is 22.9 Å². The number of nitrogens with one attached hydrogen (secondary N) is 1. The van der Waals surface area contributed by atoms with Crippen LogP contribution in [-0.2, 0) is 10.2 Å². The van der Waals surface area contributed by atoms with E-state index in [1.54, 1.807) is 0 Å². The van der Waals surface area contributed by atoms with Gasteiger partial charge in [0.1, 0.15) is 0 Å². The summed E-state index contributed by atoms with van der Waals surface area (Å²) in [5, 5.41) is 4.03. The highest BCUT2D eigenvalue weighted by Crippen LogP contribution is 2.40. The predicted octanol–water partition coefficient (Wildman–Crippen LogP) is 4.06. The van der Waals surface area contributed by atoms with Gasteiger partial charge in [0.15, 0.2) is 0 Å². The number of rotatable bonds is 3. The maximum absolute atomic E-state index is 13.0. The van der Waals surface area contributed by atoms with E-state index in [-0.39, 0.29) is 24.4 Å². The molecular weight excluding hydrogens is 343 g/mol. The summed E-state index contributed by atoms with van der Waals surface area (Å²) in [7, 11) is 0. The Bertz CT molecular complexity index is 576. The summed E-state index contributed by atoms with van der Waals surface area (Å²) in [6.07, 6.45) is 5.73. The number of carbonyl (C=O) groups is 1. The lowest BCUT2D eigenvalue weighted by Crippen LogP contribution is -2.56. The van der Waals surface area contributed by atoms with Gasteiger partial charge in [-0.15, -0.1) is 12.4 Å². The van der Waals surface area contributed by atoms with Gasteiger partial charge < -0.3 is 11.1 Å². The molecular formula is C19H28Cl2N2O. The average Bonchev–Trinajstić information content (AvgIpc) is 2.48. The molecule has 2 saturated carbocycles. The standard InChI is InChI=1S/C19H27ClN2O.ClH/c1-19(2,14-7-4-8-15(20)11-14)18(23)22-17-12-5-3-6-13(17)10-16(21)9-12;/h4,7-8,11-13,16-17H,3,5-6,9-10,21H2,1-2H3,(H,22,23);1H. The largest absolute Gasteiger partial charge is 0.352 e. The van der Waals surface area contributed by atoms with Crippen molar-refractivity contribution in [2.45, 2.75) is 63.5 Å².